The van der Waals surface area contributed by atoms with E-state index in [2.05, 4.69) is 5.32 Å². The number of hydrogen-bond acceptors (Lipinski definition) is 3. The fraction of sp³-hybridized carbons (Fsp3) is 0.150. The second-order valence-corrected chi connectivity index (χ2v) is 6.67. The van der Waals surface area contributed by atoms with Gasteiger partial charge in [-0.2, -0.15) is 0 Å². The Kier molecular flexibility index (Phi) is 5.25. The third-order valence-corrected chi connectivity index (χ3v) is 4.89. The lowest BCUT2D eigenvalue weighted by atomic mass is 10.0. The highest BCUT2D eigenvalue weighted by Gasteiger charge is 2.13. The molecule has 134 valence electrons. The average Bonchev–Trinajstić information content (AvgIpc) is 2.98. The minimum atomic E-state index is -0.308. The van der Waals surface area contributed by atoms with Gasteiger partial charge in [0.25, 0.3) is 0 Å². The van der Waals surface area contributed by atoms with Crippen LogP contribution >= 0.6 is 23.2 Å². The zero-order chi connectivity index (χ0) is 18.8. The Balaban J connectivity index is 1.93. The van der Waals surface area contributed by atoms with E-state index in [1.54, 1.807) is 31.6 Å². The normalized spacial score (nSPS) is 11.7. The van der Waals surface area contributed by atoms with Crippen molar-refractivity contribution in [3.05, 3.63) is 63.8 Å². The van der Waals surface area contributed by atoms with Crippen molar-refractivity contribution in [3.63, 3.8) is 0 Å². The predicted molar refractivity (Wildman–Crippen MR) is 106 cm³/mol. The number of carbonyl (C=O) groups is 1. The molecule has 0 atom stereocenters. The Morgan fingerprint density at radius 2 is 2.04 bits per heavy atom. The first kappa shape index (κ1) is 18.4. The minimum Gasteiger partial charge on any atom is -0.496 e. The molecule has 0 fully saturated rings. The minimum absolute atomic E-state index is 0.307. The number of rotatable bonds is 4. The Morgan fingerprint density at radius 3 is 2.77 bits per heavy atom. The van der Waals surface area contributed by atoms with Crippen molar-refractivity contribution in [2.24, 2.45) is 0 Å². The van der Waals surface area contributed by atoms with E-state index in [0.29, 0.717) is 21.5 Å². The van der Waals surface area contributed by atoms with Gasteiger partial charge in [-0.05, 0) is 43.2 Å². The molecule has 0 spiro atoms. The molecule has 0 radical (unpaired) electrons. The molecule has 4 nitrogen and oxygen atoms in total. The van der Waals surface area contributed by atoms with E-state index in [0.717, 1.165) is 27.7 Å². The number of aryl methyl sites for hydroxylation is 1. The third kappa shape index (κ3) is 3.57. The maximum absolute atomic E-state index is 12.4. The number of ether oxygens (including phenoxy) is 1. The molecule has 1 N–H and O–H groups in total. The third-order valence-electron chi connectivity index (χ3n) is 4.07. The highest BCUT2D eigenvalue weighted by molar-refractivity contribution is 6.44. The summed E-state index contributed by atoms with van der Waals surface area (Å²) in [5, 5.41) is 4.41. The van der Waals surface area contributed by atoms with Crippen molar-refractivity contribution >= 4 is 51.3 Å². The molecule has 26 heavy (non-hydrogen) atoms. The quantitative estimate of drug-likeness (QED) is 0.548. The summed E-state index contributed by atoms with van der Waals surface area (Å²) in [6.07, 6.45) is 3.19. The summed E-state index contributed by atoms with van der Waals surface area (Å²) in [5.74, 6) is 0.326. The first-order valence-corrected chi connectivity index (χ1v) is 8.65. The van der Waals surface area contributed by atoms with Gasteiger partial charge in [-0.1, -0.05) is 29.3 Å². The van der Waals surface area contributed by atoms with Crippen molar-refractivity contribution in [2.75, 3.05) is 12.4 Å². The van der Waals surface area contributed by atoms with Gasteiger partial charge in [0, 0.05) is 23.1 Å². The lowest BCUT2D eigenvalue weighted by Gasteiger charge is -2.10. The number of halogens is 2. The zero-order valence-corrected chi connectivity index (χ0v) is 16.0. The summed E-state index contributed by atoms with van der Waals surface area (Å²) >= 11 is 12.1. The summed E-state index contributed by atoms with van der Waals surface area (Å²) in [5.41, 5.74) is 3.79. The topological polar surface area (TPSA) is 51.5 Å². The maximum Gasteiger partial charge on any atom is 0.248 e. The summed E-state index contributed by atoms with van der Waals surface area (Å²) in [7, 11) is 1.58. The van der Waals surface area contributed by atoms with E-state index < -0.39 is 0 Å². The molecule has 1 amide bonds. The van der Waals surface area contributed by atoms with Gasteiger partial charge in [0.1, 0.15) is 11.3 Å². The smallest absolute Gasteiger partial charge is 0.248 e. The summed E-state index contributed by atoms with van der Waals surface area (Å²) in [4.78, 5) is 12.4. The van der Waals surface area contributed by atoms with E-state index >= 15 is 0 Å². The second kappa shape index (κ2) is 7.44. The van der Waals surface area contributed by atoms with Crippen LogP contribution in [0.15, 0.2) is 47.1 Å². The highest BCUT2D eigenvalue weighted by atomic mass is 35.5. The van der Waals surface area contributed by atoms with Crippen LogP contribution in [-0.4, -0.2) is 13.0 Å². The molecule has 1 heterocycles. The van der Waals surface area contributed by atoms with Crippen LogP contribution in [0.3, 0.4) is 0 Å². The first-order chi connectivity index (χ1) is 12.4. The summed E-state index contributed by atoms with van der Waals surface area (Å²) in [6, 6.07) is 8.85. The standard InChI is InChI=1S/C20H17Cl2NO3/c1-11(7-19(24)23-16-6-4-5-15(21)20(16)22)13-8-14-12(2)10-26-18(14)9-17(13)25-3/h4-10H,1-3H3,(H,23,24)/b11-7+. The van der Waals surface area contributed by atoms with Crippen LogP contribution in [0, 0.1) is 6.92 Å². The SMILES string of the molecule is COc1cc2occ(C)c2cc1/C(C)=C/C(=O)Nc1cccc(Cl)c1Cl. The van der Waals surface area contributed by atoms with Gasteiger partial charge < -0.3 is 14.5 Å². The van der Waals surface area contributed by atoms with Crippen molar-refractivity contribution in [3.8, 4) is 5.75 Å². The first-order valence-electron chi connectivity index (χ1n) is 7.90. The summed E-state index contributed by atoms with van der Waals surface area (Å²) in [6.45, 7) is 3.81. The van der Waals surface area contributed by atoms with Gasteiger partial charge in [0.05, 0.1) is 29.1 Å². The molecule has 0 bridgehead atoms. The number of furan rings is 1. The van der Waals surface area contributed by atoms with Crippen LogP contribution in [0.1, 0.15) is 18.1 Å². The number of fused-ring (bicyclic) bond motifs is 1. The van der Waals surface area contributed by atoms with Crippen molar-refractivity contribution in [1.82, 2.24) is 0 Å². The van der Waals surface area contributed by atoms with Crippen LogP contribution in [0.4, 0.5) is 5.69 Å². The van der Waals surface area contributed by atoms with Crippen LogP contribution in [0.25, 0.3) is 16.5 Å². The summed E-state index contributed by atoms with van der Waals surface area (Å²) < 4.78 is 11.0. The van der Waals surface area contributed by atoms with E-state index in [4.69, 9.17) is 32.4 Å². The Bertz CT molecular complexity index is 1020. The monoisotopic (exact) mass is 389 g/mol. The number of hydrogen-bond donors (Lipinski definition) is 1. The Morgan fingerprint density at radius 1 is 1.27 bits per heavy atom. The van der Waals surface area contributed by atoms with E-state index in [9.17, 15) is 4.79 Å². The molecule has 6 heteroatoms. The van der Waals surface area contributed by atoms with E-state index in [1.165, 1.54) is 6.08 Å². The predicted octanol–water partition coefficient (Wildman–Crippen LogP) is 6.10. The Hall–Kier alpha value is -2.43. The highest BCUT2D eigenvalue weighted by Crippen LogP contribution is 2.33. The molecule has 0 saturated heterocycles. The van der Waals surface area contributed by atoms with Crippen molar-refractivity contribution in [2.45, 2.75) is 13.8 Å². The molecule has 0 unspecified atom stereocenters. The molecular weight excluding hydrogens is 373 g/mol. The molecule has 0 aliphatic carbocycles. The van der Waals surface area contributed by atoms with Gasteiger partial charge in [-0.3, -0.25) is 4.79 Å². The van der Waals surface area contributed by atoms with Gasteiger partial charge in [-0.25, -0.2) is 0 Å². The molecule has 1 aromatic heterocycles. The Labute approximate surface area is 161 Å². The molecular formula is C20H17Cl2NO3. The fourth-order valence-corrected chi connectivity index (χ4v) is 3.05. The molecule has 3 aromatic rings. The number of benzene rings is 2. The number of amides is 1. The molecule has 2 aromatic carbocycles. The second-order valence-electron chi connectivity index (χ2n) is 5.89. The van der Waals surface area contributed by atoms with Gasteiger partial charge in [0.2, 0.25) is 5.91 Å². The molecule has 3 rings (SSSR count). The molecule has 0 saturated carbocycles. The number of nitrogens with one attached hydrogen (secondary N) is 1. The van der Waals surface area contributed by atoms with E-state index in [-0.39, 0.29) is 5.91 Å². The van der Waals surface area contributed by atoms with E-state index in [1.807, 2.05) is 26.0 Å². The maximum atomic E-state index is 12.4. The van der Waals surface area contributed by atoms with Gasteiger partial charge >= 0.3 is 0 Å². The van der Waals surface area contributed by atoms with Crippen molar-refractivity contribution in [1.29, 1.82) is 0 Å². The number of methoxy groups -OCH3 is 1. The average molecular weight is 390 g/mol. The number of carbonyl (C=O) groups excluding carboxylic acids is 1. The van der Waals surface area contributed by atoms with Gasteiger partial charge in [-0.15, -0.1) is 0 Å². The van der Waals surface area contributed by atoms with Crippen molar-refractivity contribution < 1.29 is 13.9 Å². The van der Waals surface area contributed by atoms with Gasteiger partial charge in [0.15, 0.2) is 0 Å². The molecule has 0 aliphatic rings. The lowest BCUT2D eigenvalue weighted by molar-refractivity contribution is -0.111. The van der Waals surface area contributed by atoms with Crippen LogP contribution < -0.4 is 10.1 Å². The number of anilines is 1. The van der Waals surface area contributed by atoms with Crippen LogP contribution in [-0.2, 0) is 4.79 Å². The largest absolute Gasteiger partial charge is 0.496 e. The number of allylic oxidation sites excluding steroid dienone is 1. The zero-order valence-electron chi connectivity index (χ0n) is 14.5. The fourth-order valence-electron chi connectivity index (χ4n) is 2.70. The van der Waals surface area contributed by atoms with Crippen LogP contribution in [0.5, 0.6) is 5.75 Å². The molecule has 0 aliphatic heterocycles. The van der Waals surface area contributed by atoms with Crippen LogP contribution in [0.2, 0.25) is 10.0 Å². The lowest BCUT2D eigenvalue weighted by Crippen LogP contribution is -2.09.